The van der Waals surface area contributed by atoms with Crippen LogP contribution in [0.5, 0.6) is 0 Å². The SMILES string of the molecule is Cc1cccc(Cn2cnc(NC(=O)c3csc(CO)n3)c2)c1. The molecule has 0 atom stereocenters. The van der Waals surface area contributed by atoms with Crippen molar-refractivity contribution in [1.29, 1.82) is 0 Å². The molecule has 2 heterocycles. The summed E-state index contributed by atoms with van der Waals surface area (Å²) < 4.78 is 1.91. The highest BCUT2D eigenvalue weighted by Gasteiger charge is 2.12. The highest BCUT2D eigenvalue weighted by Crippen LogP contribution is 2.13. The molecule has 3 rings (SSSR count). The van der Waals surface area contributed by atoms with Gasteiger partial charge in [0, 0.05) is 18.1 Å². The van der Waals surface area contributed by atoms with E-state index in [2.05, 4.69) is 40.4 Å². The van der Waals surface area contributed by atoms with E-state index in [4.69, 9.17) is 5.11 Å². The molecule has 0 aliphatic carbocycles. The molecule has 0 unspecified atom stereocenters. The van der Waals surface area contributed by atoms with Crippen LogP contribution in [0.15, 0.2) is 42.2 Å². The molecule has 7 heteroatoms. The minimum absolute atomic E-state index is 0.164. The van der Waals surface area contributed by atoms with Gasteiger partial charge in [0.15, 0.2) is 5.82 Å². The number of hydrogen-bond donors (Lipinski definition) is 2. The Labute approximate surface area is 137 Å². The first-order valence-electron chi connectivity index (χ1n) is 7.08. The number of hydrogen-bond acceptors (Lipinski definition) is 5. The van der Waals surface area contributed by atoms with Crippen LogP contribution in [0.3, 0.4) is 0 Å². The number of nitrogens with one attached hydrogen (secondary N) is 1. The van der Waals surface area contributed by atoms with Gasteiger partial charge in [-0.15, -0.1) is 11.3 Å². The maximum atomic E-state index is 12.1. The number of nitrogens with zero attached hydrogens (tertiary/aromatic N) is 3. The van der Waals surface area contributed by atoms with Crippen molar-refractivity contribution in [3.8, 4) is 0 Å². The van der Waals surface area contributed by atoms with Crippen LogP contribution < -0.4 is 5.32 Å². The monoisotopic (exact) mass is 328 g/mol. The first kappa shape index (κ1) is 15.4. The molecule has 0 fully saturated rings. The number of thiazole rings is 1. The average molecular weight is 328 g/mol. The molecular weight excluding hydrogens is 312 g/mol. The second-order valence-electron chi connectivity index (χ2n) is 5.16. The Bertz CT molecular complexity index is 825. The van der Waals surface area contributed by atoms with Gasteiger partial charge < -0.3 is 15.0 Å². The first-order chi connectivity index (χ1) is 11.1. The van der Waals surface area contributed by atoms with E-state index in [1.54, 1.807) is 17.9 Å². The molecule has 23 heavy (non-hydrogen) atoms. The van der Waals surface area contributed by atoms with Gasteiger partial charge in [-0.25, -0.2) is 9.97 Å². The van der Waals surface area contributed by atoms with Gasteiger partial charge in [0.05, 0.1) is 12.9 Å². The summed E-state index contributed by atoms with van der Waals surface area (Å²) in [5, 5.41) is 13.8. The van der Waals surface area contributed by atoms with E-state index in [9.17, 15) is 4.79 Å². The molecular formula is C16H16N4O2S. The van der Waals surface area contributed by atoms with Crippen molar-refractivity contribution in [2.45, 2.75) is 20.1 Å². The second kappa shape index (κ2) is 6.72. The van der Waals surface area contributed by atoms with Crippen LogP contribution in [0.2, 0.25) is 0 Å². The van der Waals surface area contributed by atoms with Gasteiger partial charge in [0.25, 0.3) is 5.91 Å². The number of aliphatic hydroxyl groups is 1. The summed E-state index contributed by atoms with van der Waals surface area (Å²) in [6, 6.07) is 8.24. The summed E-state index contributed by atoms with van der Waals surface area (Å²) in [6.45, 7) is 2.58. The minimum atomic E-state index is -0.332. The van der Waals surface area contributed by atoms with Gasteiger partial charge in [-0.1, -0.05) is 29.8 Å². The molecule has 1 aromatic carbocycles. The fourth-order valence-electron chi connectivity index (χ4n) is 2.20. The van der Waals surface area contributed by atoms with Crippen molar-refractivity contribution in [2.24, 2.45) is 0 Å². The number of aryl methyl sites for hydroxylation is 1. The molecule has 0 bridgehead atoms. The smallest absolute Gasteiger partial charge is 0.276 e. The number of carbonyl (C=O) groups excluding carboxylic acids is 1. The summed E-state index contributed by atoms with van der Waals surface area (Å²) >= 11 is 1.25. The van der Waals surface area contributed by atoms with Crippen molar-refractivity contribution in [3.05, 3.63) is 64.0 Å². The van der Waals surface area contributed by atoms with Crippen LogP contribution in [0.1, 0.15) is 26.6 Å². The molecule has 3 aromatic rings. The number of rotatable bonds is 5. The Morgan fingerprint density at radius 3 is 3.04 bits per heavy atom. The van der Waals surface area contributed by atoms with Crippen molar-refractivity contribution < 1.29 is 9.90 Å². The summed E-state index contributed by atoms with van der Waals surface area (Å²) in [7, 11) is 0. The molecule has 118 valence electrons. The minimum Gasteiger partial charge on any atom is -0.389 e. The topological polar surface area (TPSA) is 80.0 Å². The predicted octanol–water partition coefficient (Wildman–Crippen LogP) is 2.44. The van der Waals surface area contributed by atoms with Crippen molar-refractivity contribution >= 4 is 23.1 Å². The highest BCUT2D eigenvalue weighted by atomic mass is 32.1. The third-order valence-electron chi connectivity index (χ3n) is 3.24. The maximum Gasteiger partial charge on any atom is 0.276 e. The van der Waals surface area contributed by atoms with E-state index < -0.39 is 0 Å². The number of carbonyl (C=O) groups is 1. The summed E-state index contributed by atoms with van der Waals surface area (Å²) in [5.74, 6) is 0.142. The molecule has 0 saturated heterocycles. The normalized spacial score (nSPS) is 10.7. The lowest BCUT2D eigenvalue weighted by Gasteiger charge is -2.03. The molecule has 6 nitrogen and oxygen atoms in total. The summed E-state index contributed by atoms with van der Waals surface area (Å²) in [4.78, 5) is 20.3. The number of anilines is 1. The number of aliphatic hydroxyl groups excluding tert-OH is 1. The largest absolute Gasteiger partial charge is 0.389 e. The number of aromatic nitrogens is 3. The van der Waals surface area contributed by atoms with Gasteiger partial charge in [-0.2, -0.15) is 0 Å². The molecule has 0 radical (unpaired) electrons. The lowest BCUT2D eigenvalue weighted by molar-refractivity contribution is 0.102. The molecule has 0 spiro atoms. The van der Waals surface area contributed by atoms with E-state index >= 15 is 0 Å². The molecule has 2 N–H and O–H groups in total. The van der Waals surface area contributed by atoms with Gasteiger partial charge in [-0.05, 0) is 12.5 Å². The average Bonchev–Trinajstić information content (AvgIpc) is 3.16. The van der Waals surface area contributed by atoms with Crippen LogP contribution in [-0.2, 0) is 13.2 Å². The molecule has 1 amide bonds. The van der Waals surface area contributed by atoms with Crippen LogP contribution in [0.25, 0.3) is 0 Å². The van der Waals surface area contributed by atoms with Gasteiger partial charge in [-0.3, -0.25) is 4.79 Å². The van der Waals surface area contributed by atoms with Crippen LogP contribution >= 0.6 is 11.3 Å². The van der Waals surface area contributed by atoms with Crippen LogP contribution in [0.4, 0.5) is 5.82 Å². The summed E-state index contributed by atoms with van der Waals surface area (Å²) in [5.41, 5.74) is 2.67. The fourth-order valence-corrected chi connectivity index (χ4v) is 2.83. The zero-order valence-electron chi connectivity index (χ0n) is 12.6. The lowest BCUT2D eigenvalue weighted by atomic mass is 10.1. The van der Waals surface area contributed by atoms with Crippen molar-refractivity contribution in [2.75, 3.05) is 5.32 Å². The van der Waals surface area contributed by atoms with Gasteiger partial charge in [0.1, 0.15) is 10.7 Å². The number of amides is 1. The standard InChI is InChI=1S/C16H16N4O2S/c1-11-3-2-4-12(5-11)6-20-7-14(17-10-20)19-16(22)13-9-23-15(8-21)18-13/h2-5,7,9-10,21H,6,8H2,1H3,(H,19,22). The molecule has 0 aliphatic heterocycles. The van der Waals surface area contributed by atoms with Crippen molar-refractivity contribution in [3.63, 3.8) is 0 Å². The summed E-state index contributed by atoms with van der Waals surface area (Å²) in [6.07, 6.45) is 3.46. The van der Waals surface area contributed by atoms with E-state index in [-0.39, 0.29) is 18.2 Å². The fraction of sp³-hybridized carbons (Fsp3) is 0.188. The zero-order valence-corrected chi connectivity index (χ0v) is 13.4. The second-order valence-corrected chi connectivity index (χ2v) is 6.10. The molecule has 2 aromatic heterocycles. The third kappa shape index (κ3) is 3.82. The van der Waals surface area contributed by atoms with Crippen LogP contribution in [-0.4, -0.2) is 25.5 Å². The number of benzene rings is 1. The molecule has 0 saturated carbocycles. The number of imidazole rings is 1. The third-order valence-corrected chi connectivity index (χ3v) is 4.08. The Hall–Kier alpha value is -2.51. The molecule has 0 aliphatic rings. The van der Waals surface area contributed by atoms with Crippen LogP contribution in [0, 0.1) is 6.92 Å². The van der Waals surface area contributed by atoms with Gasteiger partial charge in [0.2, 0.25) is 0 Å². The van der Waals surface area contributed by atoms with Crippen molar-refractivity contribution in [1.82, 2.24) is 14.5 Å². The lowest BCUT2D eigenvalue weighted by Crippen LogP contribution is -2.12. The highest BCUT2D eigenvalue weighted by molar-refractivity contribution is 7.09. The maximum absolute atomic E-state index is 12.1. The van der Waals surface area contributed by atoms with E-state index in [1.807, 2.05) is 10.6 Å². The Balaban J connectivity index is 1.66. The van der Waals surface area contributed by atoms with E-state index in [1.165, 1.54) is 22.5 Å². The van der Waals surface area contributed by atoms with Gasteiger partial charge >= 0.3 is 0 Å². The quantitative estimate of drug-likeness (QED) is 0.754. The Morgan fingerprint density at radius 2 is 2.30 bits per heavy atom. The Morgan fingerprint density at radius 1 is 1.43 bits per heavy atom. The predicted molar refractivity (Wildman–Crippen MR) is 88.5 cm³/mol. The van der Waals surface area contributed by atoms with E-state index in [0.29, 0.717) is 17.4 Å². The zero-order chi connectivity index (χ0) is 16.2. The van der Waals surface area contributed by atoms with E-state index in [0.717, 1.165) is 0 Å². The Kier molecular flexibility index (Phi) is 4.50. The first-order valence-corrected chi connectivity index (χ1v) is 7.96.